The molecule has 108 valence electrons. The van der Waals surface area contributed by atoms with Crippen LogP contribution in [0.3, 0.4) is 0 Å². The van der Waals surface area contributed by atoms with E-state index >= 15 is 0 Å². The molecule has 7 heteroatoms. The molecule has 0 atom stereocenters. The normalized spacial score (nSPS) is 10.1. The Morgan fingerprint density at radius 3 is 2.62 bits per heavy atom. The molecule has 0 aliphatic rings. The summed E-state index contributed by atoms with van der Waals surface area (Å²) >= 11 is 3.36. The highest BCUT2D eigenvalue weighted by atomic mass is 79.9. The van der Waals surface area contributed by atoms with Gasteiger partial charge in [-0.3, -0.25) is 10.1 Å². The minimum absolute atomic E-state index is 0.0285. The smallest absolute Gasteiger partial charge is 0.335 e. The van der Waals surface area contributed by atoms with E-state index in [1.165, 1.54) is 12.1 Å². The number of hydrogen-bond donors (Lipinski definition) is 1. The van der Waals surface area contributed by atoms with E-state index in [9.17, 15) is 14.9 Å². The van der Waals surface area contributed by atoms with Crippen molar-refractivity contribution in [2.24, 2.45) is 0 Å². The van der Waals surface area contributed by atoms with Gasteiger partial charge in [-0.05, 0) is 18.2 Å². The average Bonchev–Trinajstić information content (AvgIpc) is 2.46. The molecule has 0 saturated heterocycles. The molecule has 0 amide bonds. The molecule has 0 heterocycles. The number of nitrogens with zero attached hydrogens (tertiary/aromatic N) is 1. The number of carboxylic acid groups (broad SMARTS) is 1. The van der Waals surface area contributed by atoms with Gasteiger partial charge in [-0.1, -0.05) is 34.1 Å². The molecule has 2 rings (SSSR count). The van der Waals surface area contributed by atoms with Crippen LogP contribution in [0.2, 0.25) is 0 Å². The molecule has 0 fully saturated rings. The standard InChI is InChI=1S/C14H10BrNO5/c15-11-4-2-1-3-10(11)8-21-13-6-5-9(14(17)18)7-12(13)16(19)20/h1-7H,8H2,(H,17,18). The van der Waals surface area contributed by atoms with Crippen LogP contribution in [0.15, 0.2) is 46.9 Å². The lowest BCUT2D eigenvalue weighted by Gasteiger charge is -2.08. The van der Waals surface area contributed by atoms with Crippen LogP contribution in [-0.2, 0) is 6.61 Å². The molecule has 0 aromatic heterocycles. The van der Waals surface area contributed by atoms with E-state index in [0.717, 1.165) is 16.1 Å². The number of aromatic carboxylic acids is 1. The quantitative estimate of drug-likeness (QED) is 0.656. The van der Waals surface area contributed by atoms with E-state index in [2.05, 4.69) is 15.9 Å². The Labute approximate surface area is 128 Å². The van der Waals surface area contributed by atoms with Crippen molar-refractivity contribution in [3.63, 3.8) is 0 Å². The van der Waals surface area contributed by atoms with Crippen LogP contribution >= 0.6 is 15.9 Å². The number of ether oxygens (including phenoxy) is 1. The molecular formula is C14H10BrNO5. The SMILES string of the molecule is O=C(O)c1ccc(OCc2ccccc2Br)c([N+](=O)[O-])c1. The highest BCUT2D eigenvalue weighted by Crippen LogP contribution is 2.29. The summed E-state index contributed by atoms with van der Waals surface area (Å²) in [5.74, 6) is -1.20. The summed E-state index contributed by atoms with van der Waals surface area (Å²) in [6.45, 7) is 0.134. The summed E-state index contributed by atoms with van der Waals surface area (Å²) in [4.78, 5) is 21.2. The Balaban J connectivity index is 2.26. The van der Waals surface area contributed by atoms with Crippen molar-refractivity contribution in [2.45, 2.75) is 6.61 Å². The molecule has 21 heavy (non-hydrogen) atoms. The van der Waals surface area contributed by atoms with Crippen LogP contribution in [0.25, 0.3) is 0 Å². The maximum absolute atomic E-state index is 11.0. The zero-order valence-electron chi connectivity index (χ0n) is 10.7. The second kappa shape index (κ2) is 6.36. The van der Waals surface area contributed by atoms with Crippen LogP contribution in [0.4, 0.5) is 5.69 Å². The molecule has 6 nitrogen and oxygen atoms in total. The number of benzene rings is 2. The van der Waals surface area contributed by atoms with Crippen LogP contribution in [0.5, 0.6) is 5.75 Å². The Bertz CT molecular complexity index is 702. The largest absolute Gasteiger partial charge is 0.482 e. The topological polar surface area (TPSA) is 89.7 Å². The number of nitro benzene ring substituents is 1. The summed E-state index contributed by atoms with van der Waals surface area (Å²) in [7, 11) is 0. The third kappa shape index (κ3) is 3.57. The number of nitro groups is 1. The fourth-order valence-electron chi connectivity index (χ4n) is 1.69. The number of carboxylic acids is 1. The van der Waals surface area contributed by atoms with Gasteiger partial charge in [-0.25, -0.2) is 4.79 Å². The van der Waals surface area contributed by atoms with Gasteiger partial charge >= 0.3 is 11.7 Å². The zero-order chi connectivity index (χ0) is 15.4. The van der Waals surface area contributed by atoms with Crippen molar-refractivity contribution >= 4 is 27.6 Å². The molecular weight excluding hydrogens is 342 g/mol. The summed E-state index contributed by atoms with van der Waals surface area (Å²) in [5.41, 5.74) is 0.297. The fourth-order valence-corrected chi connectivity index (χ4v) is 2.09. The minimum Gasteiger partial charge on any atom is -0.482 e. The van der Waals surface area contributed by atoms with E-state index in [4.69, 9.17) is 9.84 Å². The number of carbonyl (C=O) groups is 1. The third-order valence-corrected chi connectivity index (χ3v) is 3.52. The van der Waals surface area contributed by atoms with Gasteiger partial charge < -0.3 is 9.84 Å². The molecule has 0 aliphatic carbocycles. The first-order chi connectivity index (χ1) is 9.99. The Morgan fingerprint density at radius 2 is 2.00 bits per heavy atom. The Kier molecular flexibility index (Phi) is 4.54. The average molecular weight is 352 g/mol. The van der Waals surface area contributed by atoms with Gasteiger partial charge in [0.1, 0.15) is 6.61 Å². The summed E-state index contributed by atoms with van der Waals surface area (Å²) in [6, 6.07) is 10.9. The first-order valence-corrected chi connectivity index (χ1v) is 6.66. The Morgan fingerprint density at radius 1 is 1.29 bits per heavy atom. The monoisotopic (exact) mass is 351 g/mol. The van der Waals surface area contributed by atoms with Crippen molar-refractivity contribution in [3.05, 3.63) is 68.2 Å². The molecule has 0 radical (unpaired) electrons. The van der Waals surface area contributed by atoms with E-state index in [-0.39, 0.29) is 23.6 Å². The van der Waals surface area contributed by atoms with Crippen LogP contribution < -0.4 is 4.74 Å². The zero-order valence-corrected chi connectivity index (χ0v) is 12.2. The van der Waals surface area contributed by atoms with Gasteiger partial charge in [0.05, 0.1) is 10.5 Å². The molecule has 0 spiro atoms. The third-order valence-electron chi connectivity index (χ3n) is 2.74. The van der Waals surface area contributed by atoms with Crippen molar-refractivity contribution in [1.82, 2.24) is 0 Å². The summed E-state index contributed by atoms with van der Waals surface area (Å²) in [5, 5.41) is 19.9. The summed E-state index contributed by atoms with van der Waals surface area (Å²) < 4.78 is 6.26. The molecule has 1 N–H and O–H groups in total. The van der Waals surface area contributed by atoms with Gasteiger partial charge in [0.25, 0.3) is 0 Å². The minimum atomic E-state index is -1.23. The predicted octanol–water partition coefficient (Wildman–Crippen LogP) is 3.63. The second-order valence-corrected chi connectivity index (χ2v) is 4.98. The number of hydrogen-bond acceptors (Lipinski definition) is 4. The van der Waals surface area contributed by atoms with E-state index in [1.807, 2.05) is 24.3 Å². The van der Waals surface area contributed by atoms with Gasteiger partial charge in [0.2, 0.25) is 0 Å². The van der Waals surface area contributed by atoms with Gasteiger partial charge in [-0.2, -0.15) is 0 Å². The van der Waals surface area contributed by atoms with Crippen molar-refractivity contribution < 1.29 is 19.6 Å². The molecule has 2 aromatic carbocycles. The van der Waals surface area contributed by atoms with Gasteiger partial charge in [-0.15, -0.1) is 0 Å². The van der Waals surface area contributed by atoms with E-state index < -0.39 is 10.9 Å². The van der Waals surface area contributed by atoms with E-state index in [1.54, 1.807) is 0 Å². The predicted molar refractivity (Wildman–Crippen MR) is 78.5 cm³/mol. The Hall–Kier alpha value is -2.41. The fraction of sp³-hybridized carbons (Fsp3) is 0.0714. The van der Waals surface area contributed by atoms with Gasteiger partial charge in [0.15, 0.2) is 5.75 Å². The lowest BCUT2D eigenvalue weighted by molar-refractivity contribution is -0.386. The number of halogens is 1. The molecule has 0 saturated carbocycles. The highest BCUT2D eigenvalue weighted by Gasteiger charge is 2.18. The molecule has 2 aromatic rings. The molecule has 0 aliphatic heterocycles. The summed E-state index contributed by atoms with van der Waals surface area (Å²) in [6.07, 6.45) is 0. The van der Waals surface area contributed by atoms with Crippen molar-refractivity contribution in [3.8, 4) is 5.75 Å². The first kappa shape index (κ1) is 15.0. The van der Waals surface area contributed by atoms with E-state index in [0.29, 0.717) is 0 Å². The van der Waals surface area contributed by atoms with Crippen molar-refractivity contribution in [1.29, 1.82) is 0 Å². The highest BCUT2D eigenvalue weighted by molar-refractivity contribution is 9.10. The molecule has 0 bridgehead atoms. The molecule has 0 unspecified atom stereocenters. The maximum atomic E-state index is 11.0. The van der Waals surface area contributed by atoms with Crippen molar-refractivity contribution in [2.75, 3.05) is 0 Å². The first-order valence-electron chi connectivity index (χ1n) is 5.87. The van der Waals surface area contributed by atoms with Gasteiger partial charge in [0, 0.05) is 16.1 Å². The number of rotatable bonds is 5. The maximum Gasteiger partial charge on any atom is 0.335 e. The van der Waals surface area contributed by atoms with Crippen LogP contribution in [0.1, 0.15) is 15.9 Å². The van der Waals surface area contributed by atoms with Crippen LogP contribution in [0, 0.1) is 10.1 Å². The second-order valence-electron chi connectivity index (χ2n) is 4.12. The lowest BCUT2D eigenvalue weighted by Crippen LogP contribution is -2.02. The lowest BCUT2D eigenvalue weighted by atomic mass is 10.2. The van der Waals surface area contributed by atoms with Crippen LogP contribution in [-0.4, -0.2) is 16.0 Å².